The number of benzene rings is 1. The molecule has 1 fully saturated rings. The number of amides is 1. The Labute approximate surface area is 187 Å². The van der Waals surface area contributed by atoms with Gasteiger partial charge >= 0.3 is 0 Å². The first kappa shape index (κ1) is 19.9. The van der Waals surface area contributed by atoms with E-state index < -0.39 is 6.04 Å². The number of pyridine rings is 1. The number of aliphatic hydroxyl groups excluding tert-OH is 1. The standard InChI is InChI=1S/C26H29N3O3/c30-15-21-20-14-29-22(10-9-19(25(29)31)17-6-2-3-7-17)23(20)27-24(21)26(32)28-12-11-16-5-1-4-8-18(16)13-28/h1,4-6,8-10,20-21,23-24,27,30H,2-3,7,11-15H2/t20-,21-,23+,24-/m0/s1. The van der Waals surface area contributed by atoms with Crippen LogP contribution in [0.3, 0.4) is 0 Å². The van der Waals surface area contributed by atoms with E-state index in [1.807, 2.05) is 33.7 Å². The third kappa shape index (κ3) is 3.00. The summed E-state index contributed by atoms with van der Waals surface area (Å²) in [6.07, 6.45) is 6.16. The third-order valence-corrected chi connectivity index (χ3v) is 7.99. The van der Waals surface area contributed by atoms with Crippen LogP contribution in [0.4, 0.5) is 0 Å². The van der Waals surface area contributed by atoms with E-state index >= 15 is 0 Å². The highest BCUT2D eigenvalue weighted by Gasteiger charge is 2.51. The van der Waals surface area contributed by atoms with Crippen LogP contribution < -0.4 is 10.9 Å². The van der Waals surface area contributed by atoms with Gasteiger partial charge < -0.3 is 14.6 Å². The first-order chi connectivity index (χ1) is 15.7. The summed E-state index contributed by atoms with van der Waals surface area (Å²) >= 11 is 0. The highest BCUT2D eigenvalue weighted by Crippen LogP contribution is 2.43. The molecule has 4 heterocycles. The van der Waals surface area contributed by atoms with Crippen molar-refractivity contribution in [1.29, 1.82) is 0 Å². The molecule has 4 aliphatic rings. The Kier molecular flexibility index (Phi) is 4.81. The number of carbonyl (C=O) groups is 1. The lowest BCUT2D eigenvalue weighted by molar-refractivity contribution is -0.135. The van der Waals surface area contributed by atoms with Crippen molar-refractivity contribution >= 4 is 11.5 Å². The van der Waals surface area contributed by atoms with Crippen LogP contribution in [0.5, 0.6) is 0 Å². The summed E-state index contributed by atoms with van der Waals surface area (Å²) in [7, 11) is 0. The zero-order valence-electron chi connectivity index (χ0n) is 18.2. The second-order valence-electron chi connectivity index (χ2n) is 9.62. The van der Waals surface area contributed by atoms with Gasteiger partial charge in [0.05, 0.1) is 12.1 Å². The molecule has 0 unspecified atom stereocenters. The minimum absolute atomic E-state index is 0.0477. The number of aliphatic hydroxyl groups is 1. The number of fused-ring (bicyclic) bond motifs is 4. The zero-order chi connectivity index (χ0) is 21.8. The molecule has 166 valence electrons. The fraction of sp³-hybridized carbons (Fsp3) is 0.462. The maximum absolute atomic E-state index is 13.5. The van der Waals surface area contributed by atoms with Gasteiger partial charge in [-0.25, -0.2) is 0 Å². The molecular formula is C26H29N3O3. The van der Waals surface area contributed by atoms with Gasteiger partial charge in [0.1, 0.15) is 0 Å². The Balaban J connectivity index is 1.26. The largest absolute Gasteiger partial charge is 0.396 e. The number of aromatic nitrogens is 1. The summed E-state index contributed by atoms with van der Waals surface area (Å²) in [6, 6.07) is 11.8. The van der Waals surface area contributed by atoms with Crippen LogP contribution in [0.1, 0.15) is 47.7 Å². The summed E-state index contributed by atoms with van der Waals surface area (Å²) < 4.78 is 1.87. The van der Waals surface area contributed by atoms with Crippen LogP contribution in [0.2, 0.25) is 0 Å². The highest BCUT2D eigenvalue weighted by atomic mass is 16.3. The first-order valence-electron chi connectivity index (χ1n) is 11.8. The summed E-state index contributed by atoms with van der Waals surface area (Å²) in [5, 5.41) is 13.8. The maximum atomic E-state index is 13.5. The molecular weight excluding hydrogens is 402 g/mol. The van der Waals surface area contributed by atoms with Crippen LogP contribution in [0.25, 0.3) is 5.57 Å². The molecule has 1 aromatic carbocycles. The highest BCUT2D eigenvalue weighted by molar-refractivity contribution is 5.83. The molecule has 1 aromatic heterocycles. The number of carbonyl (C=O) groups excluding carboxylic acids is 1. The van der Waals surface area contributed by atoms with Crippen molar-refractivity contribution in [2.45, 2.75) is 50.9 Å². The van der Waals surface area contributed by atoms with Crippen molar-refractivity contribution in [1.82, 2.24) is 14.8 Å². The van der Waals surface area contributed by atoms with E-state index in [1.54, 1.807) is 0 Å². The number of hydrogen-bond acceptors (Lipinski definition) is 4. The van der Waals surface area contributed by atoms with E-state index in [-0.39, 0.29) is 36.0 Å². The molecule has 1 saturated heterocycles. The molecule has 0 spiro atoms. The average molecular weight is 432 g/mol. The van der Waals surface area contributed by atoms with Gasteiger partial charge in [-0.3, -0.25) is 14.9 Å². The van der Waals surface area contributed by atoms with Gasteiger partial charge in [-0.2, -0.15) is 0 Å². The van der Waals surface area contributed by atoms with Crippen LogP contribution in [0.15, 0.2) is 47.3 Å². The first-order valence-corrected chi connectivity index (χ1v) is 11.8. The molecule has 32 heavy (non-hydrogen) atoms. The molecule has 2 N–H and O–H groups in total. The normalized spacial score (nSPS) is 28.3. The molecule has 1 amide bonds. The smallest absolute Gasteiger partial charge is 0.258 e. The Hall–Kier alpha value is -2.70. The zero-order valence-corrected chi connectivity index (χ0v) is 18.2. The molecule has 2 aromatic rings. The van der Waals surface area contributed by atoms with Crippen LogP contribution in [0, 0.1) is 11.8 Å². The van der Waals surface area contributed by atoms with Gasteiger partial charge in [0.2, 0.25) is 5.91 Å². The summed E-state index contributed by atoms with van der Waals surface area (Å²) in [5.74, 6) is -0.0840. The van der Waals surface area contributed by atoms with Gasteiger partial charge in [-0.15, -0.1) is 0 Å². The topological polar surface area (TPSA) is 74.6 Å². The molecule has 3 aliphatic heterocycles. The summed E-state index contributed by atoms with van der Waals surface area (Å²) in [6.45, 7) is 1.83. The van der Waals surface area contributed by atoms with Gasteiger partial charge in [0, 0.05) is 49.3 Å². The predicted octanol–water partition coefficient (Wildman–Crippen LogP) is 2.25. The third-order valence-electron chi connectivity index (χ3n) is 7.99. The van der Waals surface area contributed by atoms with Crippen molar-refractivity contribution in [2.75, 3.05) is 13.2 Å². The molecule has 4 atom stereocenters. The van der Waals surface area contributed by atoms with Crippen molar-refractivity contribution in [2.24, 2.45) is 11.8 Å². The fourth-order valence-corrected chi connectivity index (χ4v) is 6.28. The van der Waals surface area contributed by atoms with Gasteiger partial charge in [0.25, 0.3) is 5.56 Å². The summed E-state index contributed by atoms with van der Waals surface area (Å²) in [4.78, 5) is 28.6. The Morgan fingerprint density at radius 2 is 1.97 bits per heavy atom. The molecule has 1 aliphatic carbocycles. The number of nitrogens with one attached hydrogen (secondary N) is 1. The van der Waals surface area contributed by atoms with Crippen molar-refractivity contribution < 1.29 is 9.90 Å². The number of rotatable bonds is 3. The minimum atomic E-state index is -0.415. The van der Waals surface area contributed by atoms with Gasteiger partial charge in [-0.05, 0) is 54.5 Å². The lowest BCUT2D eigenvalue weighted by Crippen LogP contribution is -2.49. The van der Waals surface area contributed by atoms with Crippen molar-refractivity contribution in [3.63, 3.8) is 0 Å². The van der Waals surface area contributed by atoms with E-state index in [9.17, 15) is 14.7 Å². The van der Waals surface area contributed by atoms with Crippen molar-refractivity contribution in [3.8, 4) is 0 Å². The SMILES string of the molecule is O=C([C@H]1N[C@H]2c3ccc(C4=CCCC4)c(=O)n3C[C@H]2[C@@H]1CO)N1CCc2ccccc2C1. The summed E-state index contributed by atoms with van der Waals surface area (Å²) in [5.41, 5.74) is 5.50. The van der Waals surface area contributed by atoms with E-state index in [2.05, 4.69) is 23.5 Å². The minimum Gasteiger partial charge on any atom is -0.396 e. The Morgan fingerprint density at radius 1 is 1.12 bits per heavy atom. The molecule has 6 rings (SSSR count). The van der Waals surface area contributed by atoms with Crippen LogP contribution in [-0.4, -0.2) is 39.7 Å². The Bertz CT molecular complexity index is 1170. The fourth-order valence-electron chi connectivity index (χ4n) is 6.28. The lowest BCUT2D eigenvalue weighted by atomic mass is 9.87. The molecule has 6 nitrogen and oxygen atoms in total. The Morgan fingerprint density at radius 3 is 2.75 bits per heavy atom. The van der Waals surface area contributed by atoms with Crippen LogP contribution >= 0.6 is 0 Å². The number of allylic oxidation sites excluding steroid dienone is 2. The monoisotopic (exact) mass is 431 g/mol. The molecule has 0 radical (unpaired) electrons. The van der Waals surface area contributed by atoms with E-state index in [4.69, 9.17) is 0 Å². The molecule has 6 heteroatoms. The predicted molar refractivity (Wildman–Crippen MR) is 122 cm³/mol. The number of hydrogen-bond donors (Lipinski definition) is 2. The van der Waals surface area contributed by atoms with E-state index in [0.29, 0.717) is 19.6 Å². The van der Waals surface area contributed by atoms with Crippen molar-refractivity contribution in [3.05, 3.63) is 75.2 Å². The van der Waals surface area contributed by atoms with E-state index in [0.717, 1.165) is 42.5 Å². The quantitative estimate of drug-likeness (QED) is 0.782. The van der Waals surface area contributed by atoms with Crippen LogP contribution in [-0.2, 0) is 24.3 Å². The average Bonchev–Trinajstić information content (AvgIpc) is 3.54. The molecule has 0 bridgehead atoms. The van der Waals surface area contributed by atoms with Gasteiger partial charge in [-0.1, -0.05) is 30.3 Å². The number of nitrogens with zero attached hydrogens (tertiary/aromatic N) is 2. The second kappa shape index (κ2) is 7.71. The lowest BCUT2D eigenvalue weighted by Gasteiger charge is -2.33. The maximum Gasteiger partial charge on any atom is 0.258 e. The van der Waals surface area contributed by atoms with Gasteiger partial charge in [0.15, 0.2) is 0 Å². The second-order valence-corrected chi connectivity index (χ2v) is 9.62. The van der Waals surface area contributed by atoms with E-state index in [1.165, 1.54) is 11.1 Å². The molecule has 0 saturated carbocycles.